The van der Waals surface area contributed by atoms with Crippen LogP contribution >= 0.6 is 0 Å². The molecule has 2 aromatic carbocycles. The average molecular weight is 320 g/mol. The van der Waals surface area contributed by atoms with Crippen LogP contribution in [0.2, 0.25) is 0 Å². The van der Waals surface area contributed by atoms with Crippen LogP contribution in [-0.2, 0) is 6.42 Å². The molecule has 0 N–H and O–H groups in total. The van der Waals surface area contributed by atoms with Crippen LogP contribution in [0.15, 0.2) is 55.1 Å². The molecule has 1 saturated carbocycles. The Labute approximate surface area is 146 Å². The maximum Gasteiger partial charge on any atom is 0.119 e. The monoisotopic (exact) mass is 320 g/mol. The summed E-state index contributed by atoms with van der Waals surface area (Å²) in [7, 11) is 0. The lowest BCUT2D eigenvalue weighted by atomic mass is 9.79. The van der Waals surface area contributed by atoms with Crippen LogP contribution in [0, 0.1) is 5.92 Å². The van der Waals surface area contributed by atoms with Gasteiger partial charge in [0.25, 0.3) is 0 Å². The molecule has 1 aliphatic carbocycles. The van der Waals surface area contributed by atoms with Gasteiger partial charge in [-0.05, 0) is 53.5 Å². The molecule has 1 fully saturated rings. The van der Waals surface area contributed by atoms with E-state index in [2.05, 4.69) is 62.0 Å². The van der Waals surface area contributed by atoms with Crippen LogP contribution in [0.3, 0.4) is 0 Å². The molecule has 0 atom stereocenters. The van der Waals surface area contributed by atoms with Crippen LogP contribution in [0.4, 0.5) is 0 Å². The minimum absolute atomic E-state index is 0.716. The second-order valence-corrected chi connectivity index (χ2v) is 7.07. The summed E-state index contributed by atoms with van der Waals surface area (Å²) in [6, 6.07) is 17.3. The van der Waals surface area contributed by atoms with Gasteiger partial charge >= 0.3 is 0 Å². The molecule has 126 valence electrons. The molecule has 0 saturated heterocycles. The zero-order valence-electron chi connectivity index (χ0n) is 14.7. The SMILES string of the molecule is C=Cc1ccc(CCOc2ccc(C3CCC(C)CC3)cc2)cc1. The van der Waals surface area contributed by atoms with Crippen LogP contribution in [-0.4, -0.2) is 6.61 Å². The highest BCUT2D eigenvalue weighted by Gasteiger charge is 2.19. The average Bonchev–Trinajstić information content (AvgIpc) is 2.64. The first-order valence-corrected chi connectivity index (χ1v) is 9.19. The van der Waals surface area contributed by atoms with E-state index in [1.54, 1.807) is 0 Å². The molecule has 1 aliphatic rings. The predicted octanol–water partition coefficient (Wildman–Crippen LogP) is 6.24. The molecule has 1 heteroatoms. The van der Waals surface area contributed by atoms with Crippen molar-refractivity contribution in [1.29, 1.82) is 0 Å². The lowest BCUT2D eigenvalue weighted by Gasteiger charge is -2.26. The van der Waals surface area contributed by atoms with Crippen molar-refractivity contribution in [3.8, 4) is 5.75 Å². The van der Waals surface area contributed by atoms with E-state index >= 15 is 0 Å². The fourth-order valence-electron chi connectivity index (χ4n) is 3.54. The maximum atomic E-state index is 5.91. The van der Waals surface area contributed by atoms with Crippen molar-refractivity contribution < 1.29 is 4.74 Å². The van der Waals surface area contributed by atoms with Gasteiger partial charge in [0.05, 0.1) is 6.61 Å². The first-order valence-electron chi connectivity index (χ1n) is 9.19. The smallest absolute Gasteiger partial charge is 0.119 e. The molecule has 0 radical (unpaired) electrons. The Kier molecular flexibility index (Phi) is 5.74. The van der Waals surface area contributed by atoms with Crippen molar-refractivity contribution in [3.63, 3.8) is 0 Å². The van der Waals surface area contributed by atoms with Gasteiger partial charge in [0.15, 0.2) is 0 Å². The first kappa shape index (κ1) is 16.8. The molecule has 0 bridgehead atoms. The number of rotatable bonds is 6. The Hall–Kier alpha value is -2.02. The summed E-state index contributed by atoms with van der Waals surface area (Å²) in [5.41, 5.74) is 3.94. The minimum atomic E-state index is 0.716. The summed E-state index contributed by atoms with van der Waals surface area (Å²) < 4.78 is 5.91. The molecule has 0 aliphatic heterocycles. The van der Waals surface area contributed by atoms with E-state index in [9.17, 15) is 0 Å². The second kappa shape index (κ2) is 8.19. The molecule has 0 aromatic heterocycles. The van der Waals surface area contributed by atoms with E-state index in [1.165, 1.54) is 36.8 Å². The molecule has 3 rings (SSSR count). The Morgan fingerprint density at radius 1 is 0.958 bits per heavy atom. The summed E-state index contributed by atoms with van der Waals surface area (Å²) in [6.45, 7) is 6.87. The van der Waals surface area contributed by atoms with E-state index in [-0.39, 0.29) is 0 Å². The van der Waals surface area contributed by atoms with E-state index in [0.717, 1.165) is 29.6 Å². The van der Waals surface area contributed by atoms with E-state index < -0.39 is 0 Å². The van der Waals surface area contributed by atoms with Gasteiger partial charge in [-0.15, -0.1) is 0 Å². The molecule has 0 unspecified atom stereocenters. The quantitative estimate of drug-likeness (QED) is 0.611. The fourth-order valence-corrected chi connectivity index (χ4v) is 3.54. The van der Waals surface area contributed by atoms with Gasteiger partial charge in [0, 0.05) is 6.42 Å². The van der Waals surface area contributed by atoms with Gasteiger partial charge in [0.1, 0.15) is 5.75 Å². The standard InChI is InChI=1S/C23H28O/c1-3-19-6-8-20(9-7-19)16-17-24-23-14-12-22(13-15-23)21-10-4-18(2)5-11-21/h3,6-9,12-15,18,21H,1,4-5,10-11,16-17H2,2H3. The Bertz CT molecular complexity index is 631. The zero-order valence-corrected chi connectivity index (χ0v) is 14.7. The van der Waals surface area contributed by atoms with Crippen molar-refractivity contribution in [1.82, 2.24) is 0 Å². The van der Waals surface area contributed by atoms with Crippen molar-refractivity contribution in [2.24, 2.45) is 5.92 Å². The van der Waals surface area contributed by atoms with Crippen LogP contribution < -0.4 is 4.74 Å². The predicted molar refractivity (Wildman–Crippen MR) is 103 cm³/mol. The molecular formula is C23H28O. The summed E-state index contributed by atoms with van der Waals surface area (Å²) in [4.78, 5) is 0. The Morgan fingerprint density at radius 3 is 2.25 bits per heavy atom. The van der Waals surface area contributed by atoms with Gasteiger partial charge < -0.3 is 4.74 Å². The van der Waals surface area contributed by atoms with Gasteiger partial charge in [-0.2, -0.15) is 0 Å². The topological polar surface area (TPSA) is 9.23 Å². The highest BCUT2D eigenvalue weighted by Crippen LogP contribution is 2.35. The van der Waals surface area contributed by atoms with Gasteiger partial charge in [-0.25, -0.2) is 0 Å². The van der Waals surface area contributed by atoms with Crippen molar-refractivity contribution in [3.05, 3.63) is 71.8 Å². The molecule has 0 amide bonds. The Morgan fingerprint density at radius 2 is 1.62 bits per heavy atom. The van der Waals surface area contributed by atoms with Gasteiger partial charge in [0.2, 0.25) is 0 Å². The van der Waals surface area contributed by atoms with Crippen molar-refractivity contribution in [2.75, 3.05) is 6.61 Å². The number of hydrogen-bond donors (Lipinski definition) is 0. The zero-order chi connectivity index (χ0) is 16.8. The minimum Gasteiger partial charge on any atom is -0.493 e. The summed E-state index contributed by atoms with van der Waals surface area (Å²) in [5.74, 6) is 2.63. The molecule has 0 heterocycles. The summed E-state index contributed by atoms with van der Waals surface area (Å²) in [6.07, 6.45) is 8.21. The van der Waals surface area contributed by atoms with E-state index in [4.69, 9.17) is 4.74 Å². The Balaban J connectivity index is 1.48. The second-order valence-electron chi connectivity index (χ2n) is 7.07. The number of ether oxygens (including phenoxy) is 1. The van der Waals surface area contributed by atoms with Gasteiger partial charge in [-0.3, -0.25) is 0 Å². The summed E-state index contributed by atoms with van der Waals surface area (Å²) in [5, 5.41) is 0. The van der Waals surface area contributed by atoms with E-state index in [1.807, 2.05) is 6.08 Å². The highest BCUT2D eigenvalue weighted by molar-refractivity contribution is 5.47. The third-order valence-corrected chi connectivity index (χ3v) is 5.24. The molecule has 0 spiro atoms. The molecule has 2 aromatic rings. The number of hydrogen-bond acceptors (Lipinski definition) is 1. The lowest BCUT2D eigenvalue weighted by Crippen LogP contribution is -2.10. The highest BCUT2D eigenvalue weighted by atomic mass is 16.5. The van der Waals surface area contributed by atoms with Crippen LogP contribution in [0.1, 0.15) is 55.2 Å². The van der Waals surface area contributed by atoms with Crippen molar-refractivity contribution >= 4 is 6.08 Å². The lowest BCUT2D eigenvalue weighted by molar-refractivity contribution is 0.321. The van der Waals surface area contributed by atoms with Gasteiger partial charge in [-0.1, -0.05) is 68.8 Å². The molecule has 1 nitrogen and oxygen atoms in total. The van der Waals surface area contributed by atoms with E-state index in [0.29, 0.717) is 6.61 Å². The third kappa shape index (κ3) is 4.50. The maximum absolute atomic E-state index is 5.91. The van der Waals surface area contributed by atoms with Crippen molar-refractivity contribution in [2.45, 2.75) is 44.9 Å². The van der Waals surface area contributed by atoms with Crippen LogP contribution in [0.25, 0.3) is 6.08 Å². The largest absolute Gasteiger partial charge is 0.493 e. The fraction of sp³-hybridized carbons (Fsp3) is 0.391. The molecular weight excluding hydrogens is 292 g/mol. The molecule has 24 heavy (non-hydrogen) atoms. The summed E-state index contributed by atoms with van der Waals surface area (Å²) >= 11 is 0. The number of benzene rings is 2. The van der Waals surface area contributed by atoms with Crippen LogP contribution in [0.5, 0.6) is 5.75 Å². The first-order chi connectivity index (χ1) is 11.7. The third-order valence-electron chi connectivity index (χ3n) is 5.24. The normalized spacial score (nSPS) is 20.5.